The van der Waals surface area contributed by atoms with Crippen LogP contribution in [0.2, 0.25) is 0 Å². The van der Waals surface area contributed by atoms with Crippen LogP contribution in [-0.2, 0) is 4.79 Å². The van der Waals surface area contributed by atoms with E-state index in [1.54, 1.807) is 7.11 Å². The average Bonchev–Trinajstić information content (AvgIpc) is 3.24. The highest BCUT2D eigenvalue weighted by atomic mass is 16.5. The number of benzene rings is 1. The lowest BCUT2D eigenvalue weighted by atomic mass is 9.88. The van der Waals surface area contributed by atoms with Crippen molar-refractivity contribution in [2.45, 2.75) is 39.0 Å². The summed E-state index contributed by atoms with van der Waals surface area (Å²) >= 11 is 0. The predicted molar refractivity (Wildman–Crippen MR) is 101 cm³/mol. The third-order valence-corrected chi connectivity index (χ3v) is 5.61. The van der Waals surface area contributed by atoms with Gasteiger partial charge in [0.05, 0.1) is 7.11 Å². The van der Waals surface area contributed by atoms with E-state index in [2.05, 4.69) is 35.8 Å². The van der Waals surface area contributed by atoms with Gasteiger partial charge in [-0.15, -0.1) is 0 Å². The first-order valence-corrected chi connectivity index (χ1v) is 9.71. The molecular formula is C21H32N2O2. The SMILES string of the molecule is COc1ccccc1C1CN(C(=O)CC(C)C)CC1CN1CCCC1. The van der Waals surface area contributed by atoms with Gasteiger partial charge in [0.15, 0.2) is 0 Å². The minimum absolute atomic E-state index is 0.304. The highest BCUT2D eigenvalue weighted by molar-refractivity contribution is 5.77. The van der Waals surface area contributed by atoms with E-state index in [1.165, 1.54) is 31.5 Å². The number of ether oxygens (including phenoxy) is 1. The lowest BCUT2D eigenvalue weighted by Gasteiger charge is -2.25. The van der Waals surface area contributed by atoms with Crippen molar-refractivity contribution in [3.63, 3.8) is 0 Å². The van der Waals surface area contributed by atoms with E-state index in [4.69, 9.17) is 4.74 Å². The Morgan fingerprint density at radius 3 is 2.60 bits per heavy atom. The van der Waals surface area contributed by atoms with Crippen molar-refractivity contribution in [1.29, 1.82) is 0 Å². The fraction of sp³-hybridized carbons (Fsp3) is 0.667. The number of hydrogen-bond donors (Lipinski definition) is 0. The Morgan fingerprint density at radius 2 is 1.92 bits per heavy atom. The summed E-state index contributed by atoms with van der Waals surface area (Å²) in [6, 6.07) is 8.33. The second kappa shape index (κ2) is 8.22. The largest absolute Gasteiger partial charge is 0.496 e. The Kier molecular flexibility index (Phi) is 6.00. The molecule has 0 aromatic heterocycles. The molecule has 25 heavy (non-hydrogen) atoms. The molecule has 2 aliphatic rings. The number of amides is 1. The smallest absolute Gasteiger partial charge is 0.222 e. The Hall–Kier alpha value is -1.55. The van der Waals surface area contributed by atoms with Crippen LogP contribution in [0.15, 0.2) is 24.3 Å². The Bertz CT molecular complexity index is 581. The molecule has 2 heterocycles. The van der Waals surface area contributed by atoms with Crippen molar-refractivity contribution in [3.05, 3.63) is 29.8 Å². The van der Waals surface area contributed by atoms with E-state index in [9.17, 15) is 4.79 Å². The highest BCUT2D eigenvalue weighted by Gasteiger charge is 2.38. The molecule has 2 fully saturated rings. The van der Waals surface area contributed by atoms with Crippen LogP contribution in [0.4, 0.5) is 0 Å². The molecule has 2 saturated heterocycles. The molecule has 0 radical (unpaired) electrons. The van der Waals surface area contributed by atoms with E-state index in [0.29, 0.717) is 30.1 Å². The van der Waals surface area contributed by atoms with Crippen LogP contribution in [-0.4, -0.2) is 55.5 Å². The molecule has 1 aromatic carbocycles. The molecule has 4 nitrogen and oxygen atoms in total. The lowest BCUT2D eigenvalue weighted by molar-refractivity contribution is -0.131. The maximum atomic E-state index is 12.7. The van der Waals surface area contributed by atoms with Gasteiger partial charge in [-0.2, -0.15) is 0 Å². The summed E-state index contributed by atoms with van der Waals surface area (Å²) in [5.41, 5.74) is 1.26. The molecule has 0 spiro atoms. The zero-order valence-electron chi connectivity index (χ0n) is 15.9. The van der Waals surface area contributed by atoms with Crippen LogP contribution in [0.5, 0.6) is 5.75 Å². The second-order valence-electron chi connectivity index (χ2n) is 8.01. The highest BCUT2D eigenvalue weighted by Crippen LogP contribution is 2.38. The number of rotatable bonds is 6. The molecule has 3 rings (SSSR count). The zero-order valence-corrected chi connectivity index (χ0v) is 15.9. The first kappa shape index (κ1) is 18.2. The molecule has 2 unspecified atom stereocenters. The third-order valence-electron chi connectivity index (χ3n) is 5.61. The summed E-state index contributed by atoms with van der Waals surface area (Å²) in [4.78, 5) is 17.3. The number of carbonyl (C=O) groups excluding carboxylic acids is 1. The van der Waals surface area contributed by atoms with E-state index < -0.39 is 0 Å². The monoisotopic (exact) mass is 344 g/mol. The van der Waals surface area contributed by atoms with Gasteiger partial charge in [0.25, 0.3) is 0 Å². The van der Waals surface area contributed by atoms with Crippen LogP contribution in [0.3, 0.4) is 0 Å². The van der Waals surface area contributed by atoms with Gasteiger partial charge >= 0.3 is 0 Å². The van der Waals surface area contributed by atoms with Crippen molar-refractivity contribution in [3.8, 4) is 5.75 Å². The Morgan fingerprint density at radius 1 is 1.20 bits per heavy atom. The fourth-order valence-corrected chi connectivity index (χ4v) is 4.36. The van der Waals surface area contributed by atoms with E-state index >= 15 is 0 Å². The maximum Gasteiger partial charge on any atom is 0.222 e. The minimum atomic E-state index is 0.304. The van der Waals surface area contributed by atoms with Crippen LogP contribution >= 0.6 is 0 Å². The molecule has 0 N–H and O–H groups in total. The normalized spacial score (nSPS) is 24.2. The summed E-state index contributed by atoms with van der Waals surface area (Å²) in [6.07, 6.45) is 3.26. The summed E-state index contributed by atoms with van der Waals surface area (Å²) < 4.78 is 5.62. The van der Waals surface area contributed by atoms with Gasteiger partial charge in [-0.1, -0.05) is 32.0 Å². The zero-order chi connectivity index (χ0) is 17.8. The standard InChI is InChI=1S/C21H32N2O2/c1-16(2)12-21(24)23-14-17(13-22-10-6-7-11-22)19(15-23)18-8-4-5-9-20(18)25-3/h4-5,8-9,16-17,19H,6-7,10-15H2,1-3H3. The summed E-state index contributed by atoms with van der Waals surface area (Å²) in [6.45, 7) is 9.44. The fourth-order valence-electron chi connectivity index (χ4n) is 4.36. The minimum Gasteiger partial charge on any atom is -0.496 e. The summed E-state index contributed by atoms with van der Waals surface area (Å²) in [5.74, 6) is 2.53. The van der Waals surface area contributed by atoms with Gasteiger partial charge in [-0.25, -0.2) is 0 Å². The van der Waals surface area contributed by atoms with Crippen LogP contribution in [0.1, 0.15) is 44.6 Å². The van der Waals surface area contributed by atoms with E-state index in [1.807, 2.05) is 12.1 Å². The van der Waals surface area contributed by atoms with Gasteiger partial charge in [0, 0.05) is 32.0 Å². The Balaban J connectivity index is 1.79. The van der Waals surface area contributed by atoms with Gasteiger partial charge in [0.2, 0.25) is 5.91 Å². The maximum absolute atomic E-state index is 12.7. The molecule has 4 heteroatoms. The second-order valence-corrected chi connectivity index (χ2v) is 8.01. The summed E-state index contributed by atoms with van der Waals surface area (Å²) in [5, 5.41) is 0. The van der Waals surface area contributed by atoms with Crippen molar-refractivity contribution >= 4 is 5.91 Å². The average molecular weight is 344 g/mol. The third kappa shape index (κ3) is 4.35. The molecule has 2 aliphatic heterocycles. The van der Waals surface area contributed by atoms with E-state index in [-0.39, 0.29) is 0 Å². The van der Waals surface area contributed by atoms with Crippen molar-refractivity contribution in [2.24, 2.45) is 11.8 Å². The van der Waals surface area contributed by atoms with Crippen molar-refractivity contribution in [2.75, 3.05) is 39.8 Å². The topological polar surface area (TPSA) is 32.8 Å². The number of nitrogens with zero attached hydrogens (tertiary/aromatic N) is 2. The Labute approximate surface area is 152 Å². The first-order chi connectivity index (χ1) is 12.1. The summed E-state index contributed by atoms with van der Waals surface area (Å²) in [7, 11) is 1.74. The molecular weight excluding hydrogens is 312 g/mol. The number of para-hydroxylation sites is 1. The van der Waals surface area contributed by atoms with Gasteiger partial charge < -0.3 is 14.5 Å². The van der Waals surface area contributed by atoms with Crippen molar-refractivity contribution in [1.82, 2.24) is 9.80 Å². The molecule has 0 aliphatic carbocycles. The number of methoxy groups -OCH3 is 1. The van der Waals surface area contributed by atoms with Crippen LogP contribution < -0.4 is 4.74 Å². The molecule has 138 valence electrons. The van der Waals surface area contributed by atoms with Crippen LogP contribution in [0, 0.1) is 11.8 Å². The predicted octanol–water partition coefficient (Wildman–Crippen LogP) is 3.38. The number of hydrogen-bond acceptors (Lipinski definition) is 3. The van der Waals surface area contributed by atoms with Crippen LogP contribution in [0.25, 0.3) is 0 Å². The molecule has 1 amide bonds. The van der Waals surface area contributed by atoms with Gasteiger partial charge in [-0.05, 0) is 49.4 Å². The first-order valence-electron chi connectivity index (χ1n) is 9.71. The van der Waals surface area contributed by atoms with Crippen molar-refractivity contribution < 1.29 is 9.53 Å². The van der Waals surface area contributed by atoms with Gasteiger partial charge in [0.1, 0.15) is 5.75 Å². The molecule has 1 aromatic rings. The molecule has 0 bridgehead atoms. The number of likely N-dealkylation sites (tertiary alicyclic amines) is 2. The van der Waals surface area contributed by atoms with E-state index in [0.717, 1.165) is 25.4 Å². The lowest BCUT2D eigenvalue weighted by Crippen LogP contribution is -2.32. The quantitative estimate of drug-likeness (QED) is 0.793. The van der Waals surface area contributed by atoms with Gasteiger partial charge in [-0.3, -0.25) is 4.79 Å². The molecule has 2 atom stereocenters. The molecule has 0 saturated carbocycles. The number of carbonyl (C=O) groups is 1.